The molecule has 0 bridgehead atoms. The Kier molecular flexibility index (Phi) is 7.23. The molecule has 151 valence electrons. The quantitative estimate of drug-likeness (QED) is 0.267. The maximum Gasteiger partial charge on any atom is 0.0620 e. The summed E-state index contributed by atoms with van der Waals surface area (Å²) in [4.78, 5) is 17.2. The Morgan fingerprint density at radius 1 is 0.800 bits per heavy atom. The van der Waals surface area contributed by atoms with Gasteiger partial charge < -0.3 is 15.0 Å². The summed E-state index contributed by atoms with van der Waals surface area (Å²) >= 11 is 0. The molecule has 0 atom stereocenters. The van der Waals surface area contributed by atoms with Gasteiger partial charge in [0.25, 0.3) is 0 Å². The van der Waals surface area contributed by atoms with Gasteiger partial charge in [0.15, 0.2) is 0 Å². The fourth-order valence-corrected chi connectivity index (χ4v) is 2.99. The van der Waals surface area contributed by atoms with Gasteiger partial charge in [0.1, 0.15) is 0 Å². The second-order valence-corrected chi connectivity index (χ2v) is 6.59. The SMILES string of the molecule is Cc1nc(-c2ccccn2)[n-]c1C.[Ir].[c-]1ccccc1-c1nccc2ccccc12. The van der Waals surface area contributed by atoms with Crippen molar-refractivity contribution >= 4 is 10.8 Å². The first-order valence-corrected chi connectivity index (χ1v) is 9.42. The van der Waals surface area contributed by atoms with Crippen molar-refractivity contribution in [2.75, 3.05) is 0 Å². The van der Waals surface area contributed by atoms with E-state index >= 15 is 0 Å². The van der Waals surface area contributed by atoms with Crippen LogP contribution in [0.25, 0.3) is 33.5 Å². The summed E-state index contributed by atoms with van der Waals surface area (Å²) in [6, 6.07) is 27.2. The van der Waals surface area contributed by atoms with Crippen LogP contribution in [0.5, 0.6) is 0 Å². The molecular weight excluding hydrogens is 549 g/mol. The van der Waals surface area contributed by atoms with Gasteiger partial charge in [-0.15, -0.1) is 35.9 Å². The number of aromatic nitrogens is 4. The van der Waals surface area contributed by atoms with E-state index in [2.05, 4.69) is 38.1 Å². The van der Waals surface area contributed by atoms with Crippen molar-refractivity contribution in [2.24, 2.45) is 0 Å². The molecule has 0 unspecified atom stereocenters. The molecule has 0 saturated heterocycles. The molecule has 5 rings (SSSR count). The molecule has 0 aliphatic heterocycles. The van der Waals surface area contributed by atoms with Gasteiger partial charge in [-0.1, -0.05) is 41.7 Å². The van der Waals surface area contributed by atoms with E-state index in [4.69, 9.17) is 0 Å². The number of imidazole rings is 1. The van der Waals surface area contributed by atoms with Crippen LogP contribution in [0.2, 0.25) is 0 Å². The summed E-state index contributed by atoms with van der Waals surface area (Å²) in [7, 11) is 0. The summed E-state index contributed by atoms with van der Waals surface area (Å²) < 4.78 is 0. The van der Waals surface area contributed by atoms with E-state index < -0.39 is 0 Å². The van der Waals surface area contributed by atoms with Crippen LogP contribution in [-0.2, 0) is 20.1 Å². The van der Waals surface area contributed by atoms with E-state index in [-0.39, 0.29) is 20.1 Å². The minimum absolute atomic E-state index is 0. The molecule has 30 heavy (non-hydrogen) atoms. The fraction of sp³-hybridized carbons (Fsp3) is 0.0800. The normalized spacial score (nSPS) is 10.1. The van der Waals surface area contributed by atoms with Crippen LogP contribution in [0.15, 0.2) is 85.2 Å². The Morgan fingerprint density at radius 2 is 1.60 bits per heavy atom. The second-order valence-electron chi connectivity index (χ2n) is 6.59. The van der Waals surface area contributed by atoms with E-state index in [0.29, 0.717) is 0 Å². The van der Waals surface area contributed by atoms with Crippen LogP contribution in [0.4, 0.5) is 0 Å². The minimum Gasteiger partial charge on any atom is -0.438 e. The molecule has 5 heteroatoms. The molecule has 0 fully saturated rings. The van der Waals surface area contributed by atoms with Crippen molar-refractivity contribution in [3.8, 4) is 22.8 Å². The van der Waals surface area contributed by atoms with Crippen molar-refractivity contribution in [2.45, 2.75) is 13.8 Å². The largest absolute Gasteiger partial charge is 0.438 e. The topological polar surface area (TPSA) is 52.8 Å². The van der Waals surface area contributed by atoms with Crippen LogP contribution in [0.1, 0.15) is 11.4 Å². The van der Waals surface area contributed by atoms with Crippen molar-refractivity contribution in [3.63, 3.8) is 0 Å². The first-order chi connectivity index (χ1) is 14.2. The summed E-state index contributed by atoms with van der Waals surface area (Å²) in [6.45, 7) is 3.91. The van der Waals surface area contributed by atoms with Gasteiger partial charge in [0.2, 0.25) is 0 Å². The first-order valence-electron chi connectivity index (χ1n) is 9.42. The summed E-state index contributed by atoms with van der Waals surface area (Å²) in [5, 5.41) is 2.39. The zero-order valence-corrected chi connectivity index (χ0v) is 19.1. The van der Waals surface area contributed by atoms with Gasteiger partial charge in [0.05, 0.1) is 5.69 Å². The molecule has 5 aromatic rings. The molecule has 3 aromatic heterocycles. The molecule has 0 aliphatic carbocycles. The van der Waals surface area contributed by atoms with E-state index in [1.807, 2.05) is 80.7 Å². The minimum atomic E-state index is 0. The Labute approximate surface area is 189 Å². The van der Waals surface area contributed by atoms with Gasteiger partial charge in [-0.3, -0.25) is 4.98 Å². The van der Waals surface area contributed by atoms with Crippen LogP contribution >= 0.6 is 0 Å². The Hall–Kier alpha value is -3.14. The zero-order valence-electron chi connectivity index (χ0n) is 16.7. The fourth-order valence-electron chi connectivity index (χ4n) is 2.99. The summed E-state index contributed by atoms with van der Waals surface area (Å²) in [5.41, 5.74) is 4.82. The van der Waals surface area contributed by atoms with E-state index in [1.54, 1.807) is 6.20 Å². The van der Waals surface area contributed by atoms with E-state index in [0.717, 1.165) is 34.2 Å². The number of aryl methyl sites for hydroxylation is 2. The van der Waals surface area contributed by atoms with Crippen molar-refractivity contribution in [3.05, 3.63) is 103 Å². The number of pyridine rings is 2. The molecule has 3 heterocycles. The van der Waals surface area contributed by atoms with Gasteiger partial charge in [-0.2, -0.15) is 0 Å². The molecule has 0 aliphatic rings. The average molecular weight is 569 g/mol. The summed E-state index contributed by atoms with van der Waals surface area (Å²) in [6.07, 6.45) is 3.59. The number of nitrogens with zero attached hydrogens (tertiary/aromatic N) is 4. The van der Waals surface area contributed by atoms with E-state index in [1.165, 1.54) is 10.8 Å². The zero-order chi connectivity index (χ0) is 20.1. The number of hydrogen-bond acceptors (Lipinski definition) is 3. The number of fused-ring (bicyclic) bond motifs is 1. The molecule has 0 spiro atoms. The van der Waals surface area contributed by atoms with Gasteiger partial charge in [-0.25, -0.2) is 0 Å². The van der Waals surface area contributed by atoms with Crippen LogP contribution < -0.4 is 4.98 Å². The molecule has 2 aromatic carbocycles. The third-order valence-corrected chi connectivity index (χ3v) is 4.60. The first kappa shape index (κ1) is 21.6. The predicted octanol–water partition coefficient (Wildman–Crippen LogP) is 5.42. The van der Waals surface area contributed by atoms with Gasteiger partial charge >= 0.3 is 0 Å². The Balaban J connectivity index is 0.000000169. The van der Waals surface area contributed by atoms with Crippen molar-refractivity contribution < 1.29 is 20.1 Å². The van der Waals surface area contributed by atoms with Gasteiger partial charge in [-0.05, 0) is 54.3 Å². The molecule has 0 saturated carbocycles. The van der Waals surface area contributed by atoms with Crippen LogP contribution in [-0.4, -0.2) is 15.0 Å². The van der Waals surface area contributed by atoms with Gasteiger partial charge in [0, 0.05) is 32.5 Å². The van der Waals surface area contributed by atoms with E-state index in [9.17, 15) is 0 Å². The van der Waals surface area contributed by atoms with Crippen molar-refractivity contribution in [1.29, 1.82) is 0 Å². The average Bonchev–Trinajstić information content (AvgIpc) is 3.13. The molecule has 1 radical (unpaired) electrons. The number of benzene rings is 2. The Morgan fingerprint density at radius 3 is 2.30 bits per heavy atom. The maximum atomic E-state index is 4.45. The predicted molar refractivity (Wildman–Crippen MR) is 116 cm³/mol. The smallest absolute Gasteiger partial charge is 0.0620 e. The third kappa shape index (κ3) is 4.88. The standard InChI is InChI=1S/C15H10N.C10H10N3.Ir/c1-2-7-13(8-3-1)15-14-9-5-4-6-12(14)10-11-16-15;1-7-8(2)13-10(12-7)9-5-3-4-6-11-9;/h1-7,9-11H;3-6H,1-2H3;/q2*-1;. The monoisotopic (exact) mass is 569 g/mol. The maximum absolute atomic E-state index is 4.45. The molecule has 0 amide bonds. The third-order valence-electron chi connectivity index (χ3n) is 4.60. The van der Waals surface area contributed by atoms with Crippen molar-refractivity contribution in [1.82, 2.24) is 19.9 Å². The molecular formula is C25H20IrN4-2. The van der Waals surface area contributed by atoms with Crippen LogP contribution in [0.3, 0.4) is 0 Å². The van der Waals surface area contributed by atoms with Crippen LogP contribution in [0, 0.1) is 19.9 Å². The summed E-state index contributed by atoms with van der Waals surface area (Å²) in [5.74, 6) is 0.718. The molecule has 4 nitrogen and oxygen atoms in total. The number of hydrogen-bond donors (Lipinski definition) is 0. The Bertz CT molecular complexity index is 1190. The molecule has 0 N–H and O–H groups in total. The number of rotatable bonds is 2. The second kappa shape index (κ2) is 10.1.